The van der Waals surface area contributed by atoms with E-state index in [2.05, 4.69) is 25.7 Å². The summed E-state index contributed by atoms with van der Waals surface area (Å²) in [6.07, 6.45) is 0.331. The minimum Gasteiger partial charge on any atom is -0.478 e. The van der Waals surface area contributed by atoms with Crippen molar-refractivity contribution in [2.75, 3.05) is 5.73 Å². The number of nitrogens with zero attached hydrogens (tertiary/aromatic N) is 6. The molecule has 2 aliphatic rings. The lowest BCUT2D eigenvalue weighted by molar-refractivity contribution is -0.153. The molecule has 2 aromatic rings. The van der Waals surface area contributed by atoms with Crippen LogP contribution in [0, 0.1) is 0 Å². The van der Waals surface area contributed by atoms with E-state index in [1.165, 1.54) is 5.38 Å². The number of carboxylic acid groups (broad SMARTS) is 1. The highest BCUT2D eigenvalue weighted by molar-refractivity contribution is 7.84. The number of rotatable bonds is 11. The first kappa shape index (κ1) is 26.3. The summed E-state index contributed by atoms with van der Waals surface area (Å²) >= 11 is 0.965. The number of carbonyl (C=O) groups is 3. The van der Waals surface area contributed by atoms with Crippen molar-refractivity contribution in [3.63, 3.8) is 0 Å². The van der Waals surface area contributed by atoms with Gasteiger partial charge in [-0.25, -0.2) is 14.1 Å². The molecule has 2 amide bonds. The monoisotopic (exact) mass is 558 g/mol. The number of oxime groups is 1. The number of anilines is 1. The predicted molar refractivity (Wildman–Crippen MR) is 124 cm³/mol. The first-order valence-corrected chi connectivity index (χ1v) is 12.8. The average Bonchev–Trinajstić information content (AvgIpc) is 3.34. The lowest BCUT2D eigenvalue weighted by Gasteiger charge is -2.43. The van der Waals surface area contributed by atoms with Crippen molar-refractivity contribution in [2.45, 2.75) is 50.2 Å². The van der Waals surface area contributed by atoms with Gasteiger partial charge in [0.2, 0.25) is 5.60 Å². The number of aliphatic carboxylic acids is 1. The number of carbonyl (C=O) groups excluding carboxylic acids is 2. The fraction of sp³-hybridized carbons (Fsp3) is 0.471. The molecule has 4 rings (SSSR count). The van der Waals surface area contributed by atoms with E-state index >= 15 is 0 Å². The molecule has 200 valence electrons. The molecule has 37 heavy (non-hydrogen) atoms. The van der Waals surface area contributed by atoms with E-state index in [1.807, 2.05) is 0 Å². The van der Waals surface area contributed by atoms with Crippen molar-refractivity contribution >= 4 is 50.3 Å². The molecule has 1 aliphatic carbocycles. The number of nitrogens with two attached hydrogens (primary N) is 3. The zero-order valence-electron chi connectivity index (χ0n) is 18.8. The van der Waals surface area contributed by atoms with Gasteiger partial charge in [-0.2, -0.15) is 23.4 Å². The number of aromatic nitrogens is 4. The molecule has 20 heteroatoms. The van der Waals surface area contributed by atoms with Gasteiger partial charge in [-0.15, -0.1) is 11.3 Å². The molecule has 0 spiro atoms. The Bertz CT molecular complexity index is 1360. The summed E-state index contributed by atoms with van der Waals surface area (Å²) in [5, 5.41) is 24.9. The number of nitrogens with one attached hydrogen (secondary N) is 1. The topological polar surface area (TPSA) is 284 Å². The number of nitrogen functional groups attached to an aromatic ring is 1. The van der Waals surface area contributed by atoms with Crippen molar-refractivity contribution < 1.29 is 37.3 Å². The maximum Gasteiger partial charge on any atom is 0.362 e. The molecule has 1 saturated carbocycles. The first-order chi connectivity index (χ1) is 17.4. The zero-order chi connectivity index (χ0) is 27.1. The second kappa shape index (κ2) is 9.63. The van der Waals surface area contributed by atoms with Gasteiger partial charge in [0.05, 0.1) is 6.54 Å². The molecule has 18 nitrogen and oxygen atoms in total. The van der Waals surface area contributed by atoms with Crippen molar-refractivity contribution in [1.82, 2.24) is 29.6 Å². The van der Waals surface area contributed by atoms with E-state index in [0.29, 0.717) is 11.4 Å². The summed E-state index contributed by atoms with van der Waals surface area (Å²) in [6.45, 7) is -0.377. The SMILES string of the molecule is NCc1nn(C[C@H]2[C@H](NC(=O)C(=NOC3(C(=O)O)CC3)c3csc(N)n3)C(=O)N2S(=O)(=O)O)nc1CN. The number of amides is 2. The van der Waals surface area contributed by atoms with Crippen LogP contribution in [0.5, 0.6) is 0 Å². The van der Waals surface area contributed by atoms with E-state index in [0.717, 1.165) is 16.1 Å². The molecule has 1 aliphatic heterocycles. The first-order valence-electron chi connectivity index (χ1n) is 10.6. The van der Waals surface area contributed by atoms with Crippen LogP contribution in [-0.4, -0.2) is 83.5 Å². The highest BCUT2D eigenvalue weighted by atomic mass is 32.2. The van der Waals surface area contributed by atoms with Gasteiger partial charge < -0.3 is 32.5 Å². The molecule has 0 aromatic carbocycles. The van der Waals surface area contributed by atoms with Crippen LogP contribution in [0.3, 0.4) is 0 Å². The van der Waals surface area contributed by atoms with Crippen LogP contribution in [0.25, 0.3) is 0 Å². The quantitative estimate of drug-likeness (QED) is 0.0684. The Morgan fingerprint density at radius 2 is 1.89 bits per heavy atom. The summed E-state index contributed by atoms with van der Waals surface area (Å²) in [7, 11) is -5.00. The standard InChI is InChI=1S/C17H22N10O8S2/c18-3-7-8(4-19)24-26(23-7)5-10-12(14(29)27(10)37(32,33)34)22-13(28)11(9-6-36-16(20)21-9)25-35-17(1-2-17)15(30)31/h6,10,12H,1-5,18-19H2,(H2,20,21)(H,22,28)(H,30,31)(H,32,33,34)/t10-,12-/m0/s1. The Balaban J connectivity index is 1.60. The van der Waals surface area contributed by atoms with Gasteiger partial charge in [0, 0.05) is 31.3 Å². The Labute approximate surface area is 212 Å². The van der Waals surface area contributed by atoms with Crippen molar-refractivity contribution in [3.8, 4) is 0 Å². The van der Waals surface area contributed by atoms with Gasteiger partial charge >= 0.3 is 16.3 Å². The molecule has 2 atom stereocenters. The van der Waals surface area contributed by atoms with Gasteiger partial charge in [-0.3, -0.25) is 14.1 Å². The third kappa shape index (κ3) is 5.09. The summed E-state index contributed by atoms with van der Waals surface area (Å²) in [5.74, 6) is -3.45. The lowest BCUT2D eigenvalue weighted by Crippen LogP contribution is -2.73. The number of hydrogen-bond acceptors (Lipinski definition) is 14. The van der Waals surface area contributed by atoms with E-state index in [-0.39, 0.29) is 47.6 Å². The van der Waals surface area contributed by atoms with Crippen molar-refractivity contribution in [3.05, 3.63) is 22.5 Å². The van der Waals surface area contributed by atoms with Gasteiger partial charge in [0.25, 0.3) is 11.8 Å². The summed E-state index contributed by atoms with van der Waals surface area (Å²) in [4.78, 5) is 47.2. The molecular formula is C17H22N10O8S2. The van der Waals surface area contributed by atoms with Gasteiger partial charge in [0.15, 0.2) is 10.8 Å². The van der Waals surface area contributed by atoms with Crippen molar-refractivity contribution in [1.29, 1.82) is 0 Å². The second-order valence-electron chi connectivity index (χ2n) is 8.09. The third-order valence-electron chi connectivity index (χ3n) is 5.63. The third-order valence-corrected chi connectivity index (χ3v) is 7.25. The van der Waals surface area contributed by atoms with Crippen LogP contribution in [0.4, 0.5) is 5.13 Å². The number of hydrogen-bond donors (Lipinski definition) is 6. The minimum absolute atomic E-state index is 0.00720. The molecule has 0 radical (unpaired) electrons. The largest absolute Gasteiger partial charge is 0.478 e. The van der Waals surface area contributed by atoms with Crippen LogP contribution in [0.1, 0.15) is 29.9 Å². The molecule has 0 bridgehead atoms. The molecule has 3 heterocycles. The van der Waals surface area contributed by atoms with E-state index < -0.39 is 51.5 Å². The highest BCUT2D eigenvalue weighted by Crippen LogP contribution is 2.40. The molecule has 9 N–H and O–H groups in total. The van der Waals surface area contributed by atoms with E-state index in [9.17, 15) is 32.5 Å². The number of thiazole rings is 1. The van der Waals surface area contributed by atoms with Crippen molar-refractivity contribution in [2.24, 2.45) is 16.6 Å². The maximum atomic E-state index is 13.1. The normalized spacial score (nSPS) is 20.9. The highest BCUT2D eigenvalue weighted by Gasteiger charge is 2.56. The Morgan fingerprint density at radius 3 is 2.35 bits per heavy atom. The second-order valence-corrected chi connectivity index (χ2v) is 10.3. The zero-order valence-corrected chi connectivity index (χ0v) is 20.5. The van der Waals surface area contributed by atoms with E-state index in [4.69, 9.17) is 22.0 Å². The fourth-order valence-electron chi connectivity index (χ4n) is 3.52. The van der Waals surface area contributed by atoms with Crippen LogP contribution >= 0.6 is 11.3 Å². The van der Waals surface area contributed by atoms with Gasteiger partial charge in [0.1, 0.15) is 29.2 Å². The number of β-lactam (4-membered cyclic amide) rings is 1. The molecule has 0 unspecified atom stereocenters. The predicted octanol–water partition coefficient (Wildman–Crippen LogP) is -3.23. The Hall–Kier alpha value is -3.72. The molecular weight excluding hydrogens is 536 g/mol. The average molecular weight is 559 g/mol. The molecule has 2 fully saturated rings. The van der Waals surface area contributed by atoms with Gasteiger partial charge in [-0.1, -0.05) is 5.16 Å². The van der Waals surface area contributed by atoms with E-state index in [1.54, 1.807) is 0 Å². The fourth-order valence-corrected chi connectivity index (χ4v) is 4.94. The smallest absolute Gasteiger partial charge is 0.362 e. The Morgan fingerprint density at radius 1 is 1.27 bits per heavy atom. The van der Waals surface area contributed by atoms with Crippen LogP contribution in [0.2, 0.25) is 0 Å². The Kier molecular flexibility index (Phi) is 6.85. The van der Waals surface area contributed by atoms with Crippen LogP contribution in [-0.2, 0) is 49.2 Å². The van der Waals surface area contributed by atoms with Crippen LogP contribution in [0.15, 0.2) is 10.5 Å². The summed E-state index contributed by atoms with van der Waals surface area (Å²) < 4.78 is 33.3. The number of carboxylic acids is 1. The van der Waals surface area contributed by atoms with Gasteiger partial charge in [-0.05, 0) is 0 Å². The summed E-state index contributed by atoms with van der Waals surface area (Å²) in [6, 6.07) is -2.81. The molecule has 2 aromatic heterocycles. The minimum atomic E-state index is -5.00. The molecule has 1 saturated heterocycles. The van der Waals surface area contributed by atoms with Crippen LogP contribution < -0.4 is 22.5 Å². The summed E-state index contributed by atoms with van der Waals surface area (Å²) in [5.41, 5.74) is 15.4. The lowest BCUT2D eigenvalue weighted by atomic mass is 9.98. The maximum absolute atomic E-state index is 13.1.